The molecule has 3 aromatic heterocycles. The third-order valence-electron chi connectivity index (χ3n) is 3.17. The summed E-state index contributed by atoms with van der Waals surface area (Å²) in [6.07, 6.45) is 2.23. The molecule has 0 saturated carbocycles. The fourth-order valence-electron chi connectivity index (χ4n) is 2.26. The Morgan fingerprint density at radius 1 is 1.41 bits per heavy atom. The summed E-state index contributed by atoms with van der Waals surface area (Å²) in [7, 11) is 0. The van der Waals surface area contributed by atoms with Crippen LogP contribution in [0.3, 0.4) is 0 Å². The van der Waals surface area contributed by atoms with Crippen LogP contribution in [0, 0.1) is 0 Å². The molecule has 0 radical (unpaired) electrons. The van der Waals surface area contributed by atoms with Gasteiger partial charge in [0.2, 0.25) is 5.28 Å². The van der Waals surface area contributed by atoms with Gasteiger partial charge in [-0.15, -0.1) is 0 Å². The first-order chi connectivity index (χ1) is 10.5. The molecular weight excluding hydrogens is 325 g/mol. The number of H-pyrrole nitrogens is 1. The number of furan rings is 1. The van der Waals surface area contributed by atoms with Gasteiger partial charge in [-0.25, -0.2) is 0 Å². The average Bonchev–Trinajstić information content (AvgIpc) is 3.05. The zero-order valence-electron chi connectivity index (χ0n) is 11.9. The van der Waals surface area contributed by atoms with Gasteiger partial charge < -0.3 is 20.5 Å². The summed E-state index contributed by atoms with van der Waals surface area (Å²) in [5.74, 6) is 1.34. The molecule has 0 aliphatic rings. The molecule has 0 aromatic carbocycles. The number of aromatic nitrogens is 3. The van der Waals surface area contributed by atoms with E-state index < -0.39 is 0 Å². The summed E-state index contributed by atoms with van der Waals surface area (Å²) in [6, 6.07) is 3.67. The first-order valence-corrected chi connectivity index (χ1v) is 7.55. The van der Waals surface area contributed by atoms with E-state index in [1.54, 1.807) is 6.26 Å². The Morgan fingerprint density at radius 3 is 2.91 bits per heavy atom. The van der Waals surface area contributed by atoms with E-state index in [2.05, 4.69) is 20.3 Å². The van der Waals surface area contributed by atoms with E-state index in [1.165, 1.54) is 0 Å². The summed E-state index contributed by atoms with van der Waals surface area (Å²) in [5, 5.41) is 4.58. The molecule has 22 heavy (non-hydrogen) atoms. The maximum atomic E-state index is 6.45. The number of halogens is 2. The van der Waals surface area contributed by atoms with Crippen molar-refractivity contribution in [2.75, 3.05) is 5.32 Å². The normalized spacial score (nSPS) is 12.7. The molecule has 3 heterocycles. The van der Waals surface area contributed by atoms with E-state index >= 15 is 0 Å². The van der Waals surface area contributed by atoms with Crippen molar-refractivity contribution in [2.45, 2.75) is 25.9 Å². The lowest BCUT2D eigenvalue weighted by molar-refractivity contribution is 0.518. The van der Waals surface area contributed by atoms with Crippen molar-refractivity contribution < 1.29 is 4.42 Å². The van der Waals surface area contributed by atoms with E-state index in [4.69, 9.17) is 33.4 Å². The van der Waals surface area contributed by atoms with Crippen molar-refractivity contribution in [2.24, 2.45) is 5.73 Å². The fourth-order valence-corrected chi connectivity index (χ4v) is 2.73. The molecule has 116 valence electrons. The molecular formula is C14H15Cl2N5O. The van der Waals surface area contributed by atoms with Crippen LogP contribution in [0.1, 0.15) is 18.4 Å². The predicted molar refractivity (Wildman–Crippen MR) is 87.3 cm³/mol. The summed E-state index contributed by atoms with van der Waals surface area (Å²) in [4.78, 5) is 11.6. The molecule has 0 fully saturated rings. The molecule has 1 unspecified atom stereocenters. The third-order valence-corrected chi connectivity index (χ3v) is 3.76. The first kappa shape index (κ1) is 15.1. The van der Waals surface area contributed by atoms with Gasteiger partial charge in [0, 0.05) is 18.2 Å². The summed E-state index contributed by atoms with van der Waals surface area (Å²) < 4.78 is 5.29. The van der Waals surface area contributed by atoms with Gasteiger partial charge in [-0.3, -0.25) is 0 Å². The molecule has 6 nitrogen and oxygen atoms in total. The topological polar surface area (TPSA) is 92.8 Å². The van der Waals surface area contributed by atoms with E-state index in [-0.39, 0.29) is 11.3 Å². The van der Waals surface area contributed by atoms with Crippen molar-refractivity contribution in [3.8, 4) is 0 Å². The fraction of sp³-hybridized carbons (Fsp3) is 0.286. The number of nitrogens with two attached hydrogens (primary N) is 1. The average molecular weight is 340 g/mol. The quantitative estimate of drug-likeness (QED) is 0.619. The minimum absolute atomic E-state index is 0.0199. The number of hydrogen-bond acceptors (Lipinski definition) is 5. The SMILES string of the molecule is CC(N)Cc1[nH]c2nc(Cl)nc(NCc3ccco3)c2c1Cl. The first-order valence-electron chi connectivity index (χ1n) is 6.80. The number of nitrogens with zero attached hydrogens (tertiary/aromatic N) is 2. The van der Waals surface area contributed by atoms with Crippen LogP contribution in [0.2, 0.25) is 10.3 Å². The van der Waals surface area contributed by atoms with Crippen LogP contribution < -0.4 is 11.1 Å². The number of nitrogens with one attached hydrogen (secondary N) is 2. The Labute approximate surface area is 137 Å². The van der Waals surface area contributed by atoms with Crippen molar-refractivity contribution >= 4 is 40.1 Å². The van der Waals surface area contributed by atoms with Crippen LogP contribution in [0.15, 0.2) is 22.8 Å². The number of hydrogen-bond donors (Lipinski definition) is 3. The van der Waals surface area contributed by atoms with Gasteiger partial charge >= 0.3 is 0 Å². The highest BCUT2D eigenvalue weighted by Crippen LogP contribution is 2.33. The largest absolute Gasteiger partial charge is 0.467 e. The van der Waals surface area contributed by atoms with Gasteiger partial charge in [-0.05, 0) is 30.7 Å². The van der Waals surface area contributed by atoms with Crippen LogP contribution in [0.4, 0.5) is 5.82 Å². The maximum absolute atomic E-state index is 6.45. The van der Waals surface area contributed by atoms with Crippen LogP contribution in [-0.2, 0) is 13.0 Å². The minimum Gasteiger partial charge on any atom is -0.467 e. The maximum Gasteiger partial charge on any atom is 0.226 e. The summed E-state index contributed by atoms with van der Waals surface area (Å²) in [5.41, 5.74) is 7.25. The van der Waals surface area contributed by atoms with Gasteiger partial charge in [-0.2, -0.15) is 9.97 Å². The molecule has 0 aliphatic heterocycles. The van der Waals surface area contributed by atoms with Gasteiger partial charge in [0.05, 0.1) is 23.2 Å². The second kappa shape index (κ2) is 6.16. The second-order valence-corrected chi connectivity index (χ2v) is 5.81. The highest BCUT2D eigenvalue weighted by atomic mass is 35.5. The monoisotopic (exact) mass is 339 g/mol. The van der Waals surface area contributed by atoms with Gasteiger partial charge in [0.25, 0.3) is 0 Å². The van der Waals surface area contributed by atoms with Gasteiger partial charge in [0.15, 0.2) is 0 Å². The molecule has 0 amide bonds. The Hall–Kier alpha value is -1.76. The lowest BCUT2D eigenvalue weighted by atomic mass is 10.2. The Bertz CT molecular complexity index is 782. The lowest BCUT2D eigenvalue weighted by Crippen LogP contribution is -2.18. The molecule has 0 bridgehead atoms. The summed E-state index contributed by atoms with van der Waals surface area (Å²) in [6.45, 7) is 2.39. The smallest absolute Gasteiger partial charge is 0.226 e. The Kier molecular flexibility index (Phi) is 4.24. The van der Waals surface area contributed by atoms with Crippen molar-refractivity contribution in [3.05, 3.63) is 40.2 Å². The lowest BCUT2D eigenvalue weighted by Gasteiger charge is -2.06. The highest BCUT2D eigenvalue weighted by Gasteiger charge is 2.17. The van der Waals surface area contributed by atoms with Gasteiger partial charge in [-0.1, -0.05) is 11.6 Å². The number of rotatable bonds is 5. The van der Waals surface area contributed by atoms with Gasteiger partial charge in [0.1, 0.15) is 17.2 Å². The molecule has 0 aliphatic carbocycles. The minimum atomic E-state index is -0.0199. The zero-order valence-corrected chi connectivity index (χ0v) is 13.4. The molecule has 0 spiro atoms. The van der Waals surface area contributed by atoms with E-state index in [0.29, 0.717) is 34.8 Å². The molecule has 8 heteroatoms. The highest BCUT2D eigenvalue weighted by molar-refractivity contribution is 6.37. The number of anilines is 1. The van der Waals surface area contributed by atoms with Crippen molar-refractivity contribution in [1.82, 2.24) is 15.0 Å². The van der Waals surface area contributed by atoms with E-state index in [0.717, 1.165) is 11.5 Å². The summed E-state index contributed by atoms with van der Waals surface area (Å²) >= 11 is 12.4. The Morgan fingerprint density at radius 2 is 2.23 bits per heavy atom. The zero-order chi connectivity index (χ0) is 15.7. The second-order valence-electron chi connectivity index (χ2n) is 5.10. The third kappa shape index (κ3) is 3.04. The van der Waals surface area contributed by atoms with Crippen LogP contribution in [0.25, 0.3) is 11.0 Å². The molecule has 3 aromatic rings. The van der Waals surface area contributed by atoms with E-state index in [9.17, 15) is 0 Å². The van der Waals surface area contributed by atoms with Crippen LogP contribution >= 0.6 is 23.2 Å². The molecule has 3 rings (SSSR count). The van der Waals surface area contributed by atoms with Crippen molar-refractivity contribution in [3.63, 3.8) is 0 Å². The predicted octanol–water partition coefficient (Wildman–Crippen LogP) is 3.36. The molecule has 1 atom stereocenters. The van der Waals surface area contributed by atoms with Crippen LogP contribution in [0.5, 0.6) is 0 Å². The van der Waals surface area contributed by atoms with Crippen LogP contribution in [-0.4, -0.2) is 21.0 Å². The molecule has 0 saturated heterocycles. The standard InChI is InChI=1S/C14H15Cl2N5O/c1-7(17)5-9-11(15)10-12(18-6-8-3-2-4-22-8)20-14(16)21-13(10)19-9/h2-4,7H,5-6,17H2,1H3,(H2,18,19,20,21). The van der Waals surface area contributed by atoms with E-state index in [1.807, 2.05) is 19.1 Å². The number of fused-ring (bicyclic) bond motifs is 1. The Balaban J connectivity index is 1.99. The number of aromatic amines is 1. The van der Waals surface area contributed by atoms with Crippen molar-refractivity contribution in [1.29, 1.82) is 0 Å². The molecule has 4 N–H and O–H groups in total.